The minimum Gasteiger partial charge on any atom is -0.397 e. The number of pyridine rings is 1. The van der Waals surface area contributed by atoms with Crippen molar-refractivity contribution in [3.05, 3.63) is 63.9 Å². The van der Waals surface area contributed by atoms with E-state index >= 15 is 0 Å². The molecule has 0 atom stereocenters. The molecule has 0 amide bonds. The van der Waals surface area contributed by atoms with Gasteiger partial charge < -0.3 is 5.73 Å². The van der Waals surface area contributed by atoms with Crippen molar-refractivity contribution in [3.63, 3.8) is 0 Å². The highest BCUT2D eigenvalue weighted by atomic mass is 35.5. The molecule has 1 heterocycles. The maximum absolute atomic E-state index is 9.27. The summed E-state index contributed by atoms with van der Waals surface area (Å²) in [5.41, 5.74) is 7.89. The van der Waals surface area contributed by atoms with E-state index in [1.165, 1.54) is 0 Å². The van der Waals surface area contributed by atoms with Gasteiger partial charge in [-0.25, -0.2) is 0 Å². The molecule has 2 rings (SSSR count). The van der Waals surface area contributed by atoms with Gasteiger partial charge in [0.05, 0.1) is 16.3 Å². The van der Waals surface area contributed by atoms with Crippen LogP contribution in [0.3, 0.4) is 0 Å². The van der Waals surface area contributed by atoms with Crippen LogP contribution in [0, 0.1) is 11.3 Å². The Morgan fingerprint density at radius 2 is 2.05 bits per heavy atom. The summed E-state index contributed by atoms with van der Waals surface area (Å²) in [4.78, 5) is 3.97. The van der Waals surface area contributed by atoms with Gasteiger partial charge in [-0.05, 0) is 24.3 Å². The zero-order valence-corrected chi connectivity index (χ0v) is 11.3. The van der Waals surface area contributed by atoms with Crippen LogP contribution in [-0.2, 0) is 0 Å². The van der Waals surface area contributed by atoms with Crippen molar-refractivity contribution in [2.45, 2.75) is 0 Å². The summed E-state index contributed by atoms with van der Waals surface area (Å²) in [6.07, 6.45) is 3.21. The van der Waals surface area contributed by atoms with E-state index in [-0.39, 0.29) is 0 Å². The maximum atomic E-state index is 9.27. The quantitative estimate of drug-likeness (QED) is 0.857. The van der Waals surface area contributed by atoms with Crippen LogP contribution in [-0.4, -0.2) is 4.98 Å². The fraction of sp³-hybridized carbons (Fsp3) is 0. The van der Waals surface area contributed by atoms with Gasteiger partial charge in [0.2, 0.25) is 0 Å². The first-order valence-electron chi connectivity index (χ1n) is 5.39. The van der Waals surface area contributed by atoms with Gasteiger partial charge in [-0.2, -0.15) is 5.26 Å². The van der Waals surface area contributed by atoms with Crippen LogP contribution in [0.25, 0.3) is 11.3 Å². The van der Waals surface area contributed by atoms with Crippen molar-refractivity contribution < 1.29 is 0 Å². The highest BCUT2D eigenvalue weighted by molar-refractivity contribution is 6.36. The number of nitriles is 1. The molecule has 94 valence electrons. The molecule has 1 aromatic heterocycles. The number of hydrogen-bond acceptors (Lipinski definition) is 3. The van der Waals surface area contributed by atoms with Crippen molar-refractivity contribution >= 4 is 34.5 Å². The molecule has 0 saturated carbocycles. The van der Waals surface area contributed by atoms with Crippen LogP contribution in [0.5, 0.6) is 0 Å². The van der Waals surface area contributed by atoms with E-state index in [0.29, 0.717) is 32.4 Å². The van der Waals surface area contributed by atoms with Gasteiger partial charge in [-0.3, -0.25) is 4.98 Å². The molecular weight excluding hydrogens is 281 g/mol. The summed E-state index contributed by atoms with van der Waals surface area (Å²) in [6, 6.07) is 10.5. The first-order chi connectivity index (χ1) is 9.13. The Bertz CT molecular complexity index is 673. The summed E-state index contributed by atoms with van der Waals surface area (Å²) < 4.78 is 0. The minimum absolute atomic E-state index is 0.303. The fourth-order valence-corrected chi connectivity index (χ4v) is 2.14. The Morgan fingerprint density at radius 1 is 1.26 bits per heavy atom. The number of rotatable bonds is 2. The van der Waals surface area contributed by atoms with Crippen LogP contribution in [0.15, 0.2) is 42.7 Å². The molecule has 0 aliphatic carbocycles. The molecule has 1 aromatic carbocycles. The van der Waals surface area contributed by atoms with Gasteiger partial charge in [0.25, 0.3) is 0 Å². The predicted molar refractivity (Wildman–Crippen MR) is 77.3 cm³/mol. The molecule has 0 aliphatic rings. The highest BCUT2D eigenvalue weighted by Crippen LogP contribution is 2.29. The smallest absolute Gasteiger partial charge is 0.102 e. The van der Waals surface area contributed by atoms with Gasteiger partial charge in [-0.15, -0.1) is 0 Å². The maximum Gasteiger partial charge on any atom is 0.102 e. The molecule has 0 spiro atoms. The average molecular weight is 290 g/mol. The lowest BCUT2D eigenvalue weighted by molar-refractivity contribution is 1.31. The molecule has 3 nitrogen and oxygen atoms in total. The topological polar surface area (TPSA) is 62.7 Å². The molecule has 0 radical (unpaired) electrons. The zero-order chi connectivity index (χ0) is 13.8. The first-order valence-corrected chi connectivity index (χ1v) is 6.14. The number of nitrogens with zero attached hydrogens (tertiary/aromatic N) is 2. The molecule has 0 unspecified atom stereocenters. The minimum atomic E-state index is 0.303. The SMILES string of the molecule is N#C/C(=C(/N)c1ccc(Cl)cc1Cl)c1cccnc1. The Kier molecular flexibility index (Phi) is 4.06. The third kappa shape index (κ3) is 2.87. The van der Waals surface area contributed by atoms with Crippen molar-refractivity contribution in [2.24, 2.45) is 5.73 Å². The van der Waals surface area contributed by atoms with Crippen molar-refractivity contribution in [1.29, 1.82) is 5.26 Å². The van der Waals surface area contributed by atoms with E-state index in [9.17, 15) is 5.26 Å². The molecule has 19 heavy (non-hydrogen) atoms. The average Bonchev–Trinajstić information content (AvgIpc) is 2.40. The lowest BCUT2D eigenvalue weighted by atomic mass is 10.0. The van der Waals surface area contributed by atoms with E-state index in [1.54, 1.807) is 42.7 Å². The van der Waals surface area contributed by atoms with Gasteiger partial charge in [0.1, 0.15) is 6.07 Å². The molecule has 0 aliphatic heterocycles. The number of hydrogen-bond donors (Lipinski definition) is 1. The second-order valence-electron chi connectivity index (χ2n) is 3.77. The third-order valence-electron chi connectivity index (χ3n) is 2.55. The van der Waals surface area contributed by atoms with Gasteiger partial charge in [0, 0.05) is 28.5 Å². The molecule has 0 saturated heterocycles. The summed E-state index contributed by atoms with van der Waals surface area (Å²) >= 11 is 11.9. The van der Waals surface area contributed by atoms with Crippen LogP contribution in [0.1, 0.15) is 11.1 Å². The van der Waals surface area contributed by atoms with E-state index in [0.717, 1.165) is 0 Å². The lowest BCUT2D eigenvalue weighted by Crippen LogP contribution is -2.01. The Morgan fingerprint density at radius 3 is 2.63 bits per heavy atom. The summed E-state index contributed by atoms with van der Waals surface area (Å²) in [7, 11) is 0. The highest BCUT2D eigenvalue weighted by Gasteiger charge is 2.11. The number of benzene rings is 1. The second-order valence-corrected chi connectivity index (χ2v) is 4.61. The van der Waals surface area contributed by atoms with Gasteiger partial charge in [0.15, 0.2) is 0 Å². The predicted octanol–water partition coefficient (Wildman–Crippen LogP) is 3.74. The molecule has 2 aromatic rings. The van der Waals surface area contributed by atoms with Crippen molar-refractivity contribution in [2.75, 3.05) is 0 Å². The Hall–Kier alpha value is -2.02. The van der Waals surface area contributed by atoms with E-state index in [1.807, 2.05) is 0 Å². The van der Waals surface area contributed by atoms with E-state index in [2.05, 4.69) is 11.1 Å². The number of aromatic nitrogens is 1. The van der Waals surface area contributed by atoms with Gasteiger partial charge in [-0.1, -0.05) is 29.3 Å². The van der Waals surface area contributed by atoms with E-state index in [4.69, 9.17) is 28.9 Å². The fourth-order valence-electron chi connectivity index (χ4n) is 1.63. The number of halogens is 2. The summed E-state index contributed by atoms with van der Waals surface area (Å²) in [6.45, 7) is 0. The van der Waals surface area contributed by atoms with Crippen molar-refractivity contribution in [3.8, 4) is 6.07 Å². The zero-order valence-electron chi connectivity index (χ0n) is 9.77. The monoisotopic (exact) mass is 289 g/mol. The van der Waals surface area contributed by atoms with Crippen molar-refractivity contribution in [1.82, 2.24) is 4.98 Å². The van der Waals surface area contributed by atoms with Crippen LogP contribution in [0.4, 0.5) is 0 Å². The van der Waals surface area contributed by atoms with Crippen LogP contribution < -0.4 is 5.73 Å². The third-order valence-corrected chi connectivity index (χ3v) is 3.10. The molecule has 2 N–H and O–H groups in total. The normalized spacial score (nSPS) is 11.6. The molecule has 0 fully saturated rings. The van der Waals surface area contributed by atoms with Crippen LogP contribution >= 0.6 is 23.2 Å². The molecule has 0 bridgehead atoms. The molecular formula is C14H9Cl2N3. The largest absolute Gasteiger partial charge is 0.397 e. The summed E-state index contributed by atoms with van der Waals surface area (Å²) in [5, 5.41) is 10.2. The van der Waals surface area contributed by atoms with Gasteiger partial charge >= 0.3 is 0 Å². The number of nitrogens with two attached hydrogens (primary N) is 1. The van der Waals surface area contributed by atoms with E-state index < -0.39 is 0 Å². The first kappa shape index (κ1) is 13.4. The Balaban J connectivity index is 2.59. The van der Waals surface area contributed by atoms with Crippen LogP contribution in [0.2, 0.25) is 10.0 Å². The second kappa shape index (κ2) is 5.75. The standard InChI is InChI=1S/C14H9Cl2N3/c15-10-3-4-11(13(16)6-10)14(18)12(7-17)9-2-1-5-19-8-9/h1-6,8H,18H2/b14-12-. The molecule has 5 heteroatoms. The number of allylic oxidation sites excluding steroid dienone is 1. The summed E-state index contributed by atoms with van der Waals surface area (Å²) in [5.74, 6) is 0. The lowest BCUT2D eigenvalue weighted by Gasteiger charge is -2.08. The Labute approximate surface area is 120 Å².